The van der Waals surface area contributed by atoms with Crippen molar-refractivity contribution in [1.82, 2.24) is 5.32 Å². The van der Waals surface area contributed by atoms with Gasteiger partial charge in [-0.15, -0.1) is 0 Å². The molecule has 106 valence electrons. The molecule has 0 spiro atoms. The summed E-state index contributed by atoms with van der Waals surface area (Å²) in [7, 11) is 3.41. The van der Waals surface area contributed by atoms with Crippen molar-refractivity contribution in [3.8, 4) is 11.5 Å². The fraction of sp³-hybridized carbons (Fsp3) is 0.600. The molecule has 1 N–H and O–H groups in total. The fourth-order valence-electron chi connectivity index (χ4n) is 2.54. The van der Waals surface area contributed by atoms with Crippen LogP contribution in [0.3, 0.4) is 0 Å². The lowest BCUT2D eigenvalue weighted by Gasteiger charge is -2.42. The van der Waals surface area contributed by atoms with Crippen molar-refractivity contribution in [2.45, 2.75) is 25.8 Å². The number of nitrogens with one attached hydrogen (secondary N) is 1. The van der Waals surface area contributed by atoms with E-state index < -0.39 is 0 Å². The van der Waals surface area contributed by atoms with Gasteiger partial charge in [0.05, 0.1) is 19.9 Å². The molecule has 0 saturated carbocycles. The third-order valence-electron chi connectivity index (χ3n) is 3.98. The van der Waals surface area contributed by atoms with Gasteiger partial charge in [-0.05, 0) is 25.5 Å². The first kappa shape index (κ1) is 14.0. The van der Waals surface area contributed by atoms with Crippen LogP contribution in [0, 0.1) is 0 Å². The van der Waals surface area contributed by atoms with Crippen LogP contribution in [-0.2, 0) is 0 Å². The van der Waals surface area contributed by atoms with Gasteiger partial charge in [0.25, 0.3) is 0 Å². The summed E-state index contributed by atoms with van der Waals surface area (Å²) in [6.07, 6.45) is 1.11. The molecular formula is C15H24N2O2. The zero-order chi connectivity index (χ0) is 13.9. The topological polar surface area (TPSA) is 33.7 Å². The Morgan fingerprint density at radius 2 is 2.11 bits per heavy atom. The minimum absolute atomic E-state index is 0.159. The summed E-state index contributed by atoms with van der Waals surface area (Å²) < 4.78 is 10.8. The maximum Gasteiger partial charge on any atom is 0.142 e. The molecular weight excluding hydrogens is 240 g/mol. The summed E-state index contributed by atoms with van der Waals surface area (Å²) in [6, 6.07) is 5.96. The van der Waals surface area contributed by atoms with Gasteiger partial charge in [0, 0.05) is 31.2 Å². The van der Waals surface area contributed by atoms with E-state index in [2.05, 4.69) is 30.1 Å². The van der Waals surface area contributed by atoms with Crippen molar-refractivity contribution < 1.29 is 9.47 Å². The van der Waals surface area contributed by atoms with E-state index in [0.717, 1.165) is 43.2 Å². The van der Waals surface area contributed by atoms with Crippen LogP contribution in [0.25, 0.3) is 0 Å². The average Bonchev–Trinajstić information content (AvgIpc) is 2.46. The lowest BCUT2D eigenvalue weighted by Crippen LogP contribution is -2.58. The van der Waals surface area contributed by atoms with Crippen LogP contribution < -0.4 is 19.7 Å². The number of hydrogen-bond donors (Lipinski definition) is 1. The highest BCUT2D eigenvalue weighted by Crippen LogP contribution is 2.34. The summed E-state index contributed by atoms with van der Waals surface area (Å²) in [5.74, 6) is 1.77. The SMILES string of the molecule is CCC1(C)CN(c2cc(OC)ccc2OC)CCN1. The standard InChI is InChI=1S/C15H24N2O2/c1-5-15(2)11-17(9-8-16-15)13-10-12(18-3)6-7-14(13)19-4/h6-7,10,16H,5,8-9,11H2,1-4H3. The Balaban J connectivity index is 2.29. The van der Waals surface area contributed by atoms with Crippen molar-refractivity contribution in [3.05, 3.63) is 18.2 Å². The van der Waals surface area contributed by atoms with E-state index in [4.69, 9.17) is 9.47 Å². The molecule has 1 aliphatic heterocycles. The number of rotatable bonds is 4. The predicted octanol–water partition coefficient (Wildman–Crippen LogP) is 2.28. The van der Waals surface area contributed by atoms with Crippen molar-refractivity contribution in [2.24, 2.45) is 0 Å². The third kappa shape index (κ3) is 2.95. The number of ether oxygens (including phenoxy) is 2. The second-order valence-electron chi connectivity index (χ2n) is 5.30. The van der Waals surface area contributed by atoms with Crippen LogP contribution in [0.1, 0.15) is 20.3 Å². The maximum atomic E-state index is 5.48. The number of anilines is 1. The van der Waals surface area contributed by atoms with Gasteiger partial charge in [0.1, 0.15) is 11.5 Å². The summed E-state index contributed by atoms with van der Waals surface area (Å²) in [4.78, 5) is 2.38. The molecule has 2 rings (SSSR count). The first-order valence-electron chi connectivity index (χ1n) is 6.84. The number of methoxy groups -OCH3 is 2. The Hall–Kier alpha value is -1.42. The van der Waals surface area contributed by atoms with Gasteiger partial charge in [0.2, 0.25) is 0 Å². The van der Waals surface area contributed by atoms with Crippen LogP contribution in [0.5, 0.6) is 11.5 Å². The highest BCUT2D eigenvalue weighted by molar-refractivity contribution is 5.62. The Labute approximate surface area is 115 Å². The molecule has 0 aromatic heterocycles. The second kappa shape index (κ2) is 5.70. The molecule has 1 saturated heterocycles. The van der Waals surface area contributed by atoms with Crippen molar-refractivity contribution in [3.63, 3.8) is 0 Å². The van der Waals surface area contributed by atoms with E-state index in [0.29, 0.717) is 0 Å². The Bertz CT molecular complexity index is 436. The van der Waals surface area contributed by atoms with Crippen molar-refractivity contribution in [1.29, 1.82) is 0 Å². The molecule has 4 nitrogen and oxygen atoms in total. The second-order valence-corrected chi connectivity index (χ2v) is 5.30. The number of hydrogen-bond acceptors (Lipinski definition) is 4. The summed E-state index contributed by atoms with van der Waals surface area (Å²) in [5, 5.41) is 3.60. The quantitative estimate of drug-likeness (QED) is 0.904. The van der Waals surface area contributed by atoms with Gasteiger partial charge in [-0.25, -0.2) is 0 Å². The smallest absolute Gasteiger partial charge is 0.142 e. The molecule has 1 atom stereocenters. The minimum atomic E-state index is 0.159. The van der Waals surface area contributed by atoms with Gasteiger partial charge >= 0.3 is 0 Å². The zero-order valence-corrected chi connectivity index (χ0v) is 12.3. The number of benzene rings is 1. The van der Waals surface area contributed by atoms with E-state index in [1.54, 1.807) is 14.2 Å². The van der Waals surface area contributed by atoms with Crippen LogP contribution in [0.4, 0.5) is 5.69 Å². The van der Waals surface area contributed by atoms with Gasteiger partial charge in [0.15, 0.2) is 0 Å². The van der Waals surface area contributed by atoms with E-state index >= 15 is 0 Å². The summed E-state index contributed by atoms with van der Waals surface area (Å²) in [5.41, 5.74) is 1.27. The number of piperazine rings is 1. The normalized spacial score (nSPS) is 23.3. The van der Waals surface area contributed by atoms with Crippen LogP contribution >= 0.6 is 0 Å². The monoisotopic (exact) mass is 264 g/mol. The van der Waals surface area contributed by atoms with Gasteiger partial charge in [-0.2, -0.15) is 0 Å². The molecule has 4 heteroatoms. The van der Waals surface area contributed by atoms with Crippen molar-refractivity contribution >= 4 is 5.69 Å². The third-order valence-corrected chi connectivity index (χ3v) is 3.98. The molecule has 1 heterocycles. The molecule has 0 amide bonds. The van der Waals surface area contributed by atoms with Crippen LogP contribution in [0.15, 0.2) is 18.2 Å². The van der Waals surface area contributed by atoms with Gasteiger partial charge < -0.3 is 19.7 Å². The number of nitrogens with zero attached hydrogens (tertiary/aromatic N) is 1. The first-order chi connectivity index (χ1) is 9.11. The highest BCUT2D eigenvalue weighted by Gasteiger charge is 2.30. The van der Waals surface area contributed by atoms with E-state index in [9.17, 15) is 0 Å². The fourth-order valence-corrected chi connectivity index (χ4v) is 2.54. The molecule has 1 fully saturated rings. The van der Waals surface area contributed by atoms with Crippen LogP contribution in [-0.4, -0.2) is 39.4 Å². The van der Waals surface area contributed by atoms with E-state index in [1.807, 2.05) is 12.1 Å². The lowest BCUT2D eigenvalue weighted by molar-refractivity contribution is 0.311. The molecule has 19 heavy (non-hydrogen) atoms. The molecule has 0 bridgehead atoms. The Kier molecular flexibility index (Phi) is 4.20. The summed E-state index contributed by atoms with van der Waals surface area (Å²) >= 11 is 0. The lowest BCUT2D eigenvalue weighted by atomic mass is 9.95. The molecule has 1 aliphatic rings. The van der Waals surface area contributed by atoms with E-state index in [-0.39, 0.29) is 5.54 Å². The minimum Gasteiger partial charge on any atom is -0.497 e. The molecule has 1 aromatic rings. The molecule has 0 radical (unpaired) electrons. The highest BCUT2D eigenvalue weighted by atomic mass is 16.5. The maximum absolute atomic E-state index is 5.48. The van der Waals surface area contributed by atoms with Crippen LogP contribution in [0.2, 0.25) is 0 Å². The van der Waals surface area contributed by atoms with Gasteiger partial charge in [-0.1, -0.05) is 6.92 Å². The Morgan fingerprint density at radius 1 is 1.32 bits per heavy atom. The largest absolute Gasteiger partial charge is 0.497 e. The first-order valence-corrected chi connectivity index (χ1v) is 6.84. The molecule has 1 unspecified atom stereocenters. The Morgan fingerprint density at radius 3 is 2.74 bits per heavy atom. The average molecular weight is 264 g/mol. The zero-order valence-electron chi connectivity index (χ0n) is 12.3. The van der Waals surface area contributed by atoms with E-state index in [1.165, 1.54) is 0 Å². The molecule has 1 aromatic carbocycles. The summed E-state index contributed by atoms with van der Waals surface area (Å²) in [6.45, 7) is 7.45. The molecule has 0 aliphatic carbocycles. The van der Waals surface area contributed by atoms with Gasteiger partial charge in [-0.3, -0.25) is 0 Å². The van der Waals surface area contributed by atoms with Crippen molar-refractivity contribution in [2.75, 3.05) is 38.8 Å². The predicted molar refractivity (Wildman–Crippen MR) is 78.5 cm³/mol.